The van der Waals surface area contributed by atoms with E-state index in [1.165, 1.54) is 10.5 Å². The minimum atomic E-state index is -2.55. The highest BCUT2D eigenvalue weighted by Crippen LogP contribution is 2.34. The average Bonchev–Trinajstić information content (AvgIpc) is 3.11. The number of para-hydroxylation sites is 1. The molecule has 4 rings (SSSR count). The summed E-state index contributed by atoms with van der Waals surface area (Å²) in [4.78, 5) is 18.6. The molecule has 2 heterocycles. The zero-order valence-corrected chi connectivity index (χ0v) is 16.9. The predicted molar refractivity (Wildman–Crippen MR) is 111 cm³/mol. The first-order valence-corrected chi connectivity index (χ1v) is 10.3. The lowest BCUT2D eigenvalue weighted by molar-refractivity contribution is -0.121. The topological polar surface area (TPSA) is 26.8 Å². The van der Waals surface area contributed by atoms with Crippen LogP contribution < -0.4 is 4.90 Å². The number of hydrogen-bond acceptors (Lipinski definition) is 3. The maximum Gasteiger partial charge on any atom is 0.259 e. The van der Waals surface area contributed by atoms with E-state index in [2.05, 4.69) is 9.80 Å². The molecule has 1 amide bonds. The van der Waals surface area contributed by atoms with Crippen LogP contribution in [0.3, 0.4) is 0 Å². The summed E-state index contributed by atoms with van der Waals surface area (Å²) in [6.07, 6.45) is -2.34. The van der Waals surface area contributed by atoms with E-state index in [9.17, 15) is 13.6 Å². The molecular weight excluding hydrogens is 396 g/mol. The van der Waals surface area contributed by atoms with Crippen molar-refractivity contribution in [2.24, 2.45) is 0 Å². The molecule has 2 aliphatic rings. The molecule has 0 bridgehead atoms. The highest BCUT2D eigenvalue weighted by atomic mass is 35.5. The number of fused-ring (bicyclic) bond motifs is 1. The smallest absolute Gasteiger partial charge is 0.259 e. The number of carbonyl (C=O) groups is 1. The van der Waals surface area contributed by atoms with Gasteiger partial charge in [0.1, 0.15) is 6.04 Å². The van der Waals surface area contributed by atoms with Gasteiger partial charge in [0.2, 0.25) is 5.91 Å². The van der Waals surface area contributed by atoms with Gasteiger partial charge in [-0.2, -0.15) is 0 Å². The summed E-state index contributed by atoms with van der Waals surface area (Å²) >= 11 is 5.93. The van der Waals surface area contributed by atoms with Crippen LogP contribution in [0.2, 0.25) is 5.02 Å². The Labute approximate surface area is 174 Å². The summed E-state index contributed by atoms with van der Waals surface area (Å²) in [5.41, 5.74) is 2.65. The van der Waals surface area contributed by atoms with Crippen molar-refractivity contribution in [1.29, 1.82) is 0 Å². The standard InChI is InChI=1S/C22H24ClF2N3O/c23-18-7-5-16(6-8-18)14-26-9-11-27(12-10-26)15-21(29)28-19-4-2-1-3-17(19)13-20(28)22(24)25/h1-8,20,22H,9-15H2. The molecule has 0 spiro atoms. The number of anilines is 1. The molecule has 0 radical (unpaired) electrons. The molecule has 2 aromatic carbocycles. The third-order valence-electron chi connectivity index (χ3n) is 5.71. The third kappa shape index (κ3) is 4.60. The quantitative estimate of drug-likeness (QED) is 0.739. The number of alkyl halides is 2. The molecule has 0 aliphatic carbocycles. The Bertz CT molecular complexity index is 853. The Morgan fingerprint density at radius 3 is 2.34 bits per heavy atom. The van der Waals surface area contributed by atoms with Crippen LogP contribution in [0.15, 0.2) is 48.5 Å². The van der Waals surface area contributed by atoms with Gasteiger partial charge < -0.3 is 4.90 Å². The minimum Gasteiger partial charge on any atom is -0.302 e. The second-order valence-corrected chi connectivity index (χ2v) is 8.11. The Hall–Kier alpha value is -2.02. The average molecular weight is 420 g/mol. The van der Waals surface area contributed by atoms with Crippen LogP contribution in [0, 0.1) is 0 Å². The zero-order valence-electron chi connectivity index (χ0n) is 16.1. The molecule has 29 heavy (non-hydrogen) atoms. The first kappa shape index (κ1) is 20.3. The molecule has 2 aliphatic heterocycles. The van der Waals surface area contributed by atoms with Gasteiger partial charge in [0, 0.05) is 49.9 Å². The first-order valence-electron chi connectivity index (χ1n) is 9.88. The van der Waals surface area contributed by atoms with Gasteiger partial charge in [-0.25, -0.2) is 8.78 Å². The van der Waals surface area contributed by atoms with Crippen molar-refractivity contribution in [3.8, 4) is 0 Å². The second-order valence-electron chi connectivity index (χ2n) is 7.68. The fourth-order valence-corrected chi connectivity index (χ4v) is 4.28. The van der Waals surface area contributed by atoms with Gasteiger partial charge >= 0.3 is 0 Å². The van der Waals surface area contributed by atoms with E-state index in [1.54, 1.807) is 12.1 Å². The minimum absolute atomic E-state index is 0.173. The highest BCUT2D eigenvalue weighted by Gasteiger charge is 2.39. The molecule has 154 valence electrons. The van der Waals surface area contributed by atoms with Crippen LogP contribution in [0.4, 0.5) is 14.5 Å². The van der Waals surface area contributed by atoms with Crippen LogP contribution in [0.25, 0.3) is 0 Å². The fraction of sp³-hybridized carbons (Fsp3) is 0.409. The number of carbonyl (C=O) groups excluding carboxylic acids is 1. The maximum atomic E-state index is 13.6. The van der Waals surface area contributed by atoms with E-state index >= 15 is 0 Å². The Kier molecular flexibility index (Phi) is 6.13. The van der Waals surface area contributed by atoms with E-state index in [0.29, 0.717) is 5.69 Å². The van der Waals surface area contributed by atoms with Crippen molar-refractivity contribution in [3.63, 3.8) is 0 Å². The molecule has 7 heteroatoms. The Morgan fingerprint density at radius 1 is 1.00 bits per heavy atom. The predicted octanol–water partition coefficient (Wildman–Crippen LogP) is 3.68. The van der Waals surface area contributed by atoms with Gasteiger partial charge in [0.25, 0.3) is 6.43 Å². The molecule has 1 unspecified atom stereocenters. The number of nitrogens with zero attached hydrogens (tertiary/aromatic N) is 3. The summed E-state index contributed by atoms with van der Waals surface area (Å²) in [5, 5.41) is 0.725. The van der Waals surface area contributed by atoms with Crippen molar-refractivity contribution in [2.75, 3.05) is 37.6 Å². The summed E-state index contributed by atoms with van der Waals surface area (Å²) < 4.78 is 27.1. The number of rotatable bonds is 5. The van der Waals surface area contributed by atoms with Gasteiger partial charge in [-0.05, 0) is 29.3 Å². The SMILES string of the molecule is O=C(CN1CCN(Cc2ccc(Cl)cc2)CC1)N1c2ccccc2CC1C(F)F. The van der Waals surface area contributed by atoms with E-state index in [1.807, 2.05) is 36.4 Å². The van der Waals surface area contributed by atoms with Gasteiger partial charge in [-0.15, -0.1) is 0 Å². The maximum absolute atomic E-state index is 13.6. The number of halogens is 3. The molecule has 1 atom stereocenters. The molecule has 0 aromatic heterocycles. The molecule has 1 fully saturated rings. The molecule has 0 N–H and O–H groups in total. The van der Waals surface area contributed by atoms with Crippen molar-refractivity contribution in [3.05, 3.63) is 64.7 Å². The second kappa shape index (κ2) is 8.78. The van der Waals surface area contributed by atoms with Gasteiger partial charge in [0.05, 0.1) is 6.54 Å². The summed E-state index contributed by atoms with van der Waals surface area (Å²) in [6, 6.07) is 14.0. The summed E-state index contributed by atoms with van der Waals surface area (Å²) in [5.74, 6) is -0.244. The zero-order chi connectivity index (χ0) is 20.4. The molecule has 2 aromatic rings. The molecular formula is C22H24ClF2N3O. The molecule has 4 nitrogen and oxygen atoms in total. The molecule has 0 saturated carbocycles. The largest absolute Gasteiger partial charge is 0.302 e. The van der Waals surface area contributed by atoms with Crippen LogP contribution >= 0.6 is 11.6 Å². The normalized spacial score (nSPS) is 20.3. The highest BCUT2D eigenvalue weighted by molar-refractivity contribution is 6.30. The fourth-order valence-electron chi connectivity index (χ4n) is 4.16. The summed E-state index contributed by atoms with van der Waals surface area (Å²) in [6.45, 7) is 4.18. The number of benzene rings is 2. The van der Waals surface area contributed by atoms with Gasteiger partial charge in [-0.1, -0.05) is 41.9 Å². The van der Waals surface area contributed by atoms with Crippen LogP contribution in [-0.2, 0) is 17.8 Å². The number of amides is 1. The first-order chi connectivity index (χ1) is 14.0. The van der Waals surface area contributed by atoms with E-state index in [4.69, 9.17) is 11.6 Å². The van der Waals surface area contributed by atoms with Crippen molar-refractivity contribution >= 4 is 23.2 Å². The monoisotopic (exact) mass is 419 g/mol. The van der Waals surface area contributed by atoms with E-state index in [0.717, 1.165) is 43.3 Å². The Morgan fingerprint density at radius 2 is 1.66 bits per heavy atom. The van der Waals surface area contributed by atoms with Gasteiger partial charge in [-0.3, -0.25) is 14.6 Å². The number of piperazine rings is 1. The lowest BCUT2D eigenvalue weighted by atomic mass is 10.1. The van der Waals surface area contributed by atoms with Crippen molar-refractivity contribution < 1.29 is 13.6 Å². The van der Waals surface area contributed by atoms with Crippen molar-refractivity contribution in [2.45, 2.75) is 25.4 Å². The third-order valence-corrected chi connectivity index (χ3v) is 5.97. The van der Waals surface area contributed by atoms with Crippen LogP contribution in [0.1, 0.15) is 11.1 Å². The number of hydrogen-bond donors (Lipinski definition) is 0. The van der Waals surface area contributed by atoms with E-state index in [-0.39, 0.29) is 18.9 Å². The Balaban J connectivity index is 1.34. The molecule has 1 saturated heterocycles. The van der Waals surface area contributed by atoms with E-state index < -0.39 is 12.5 Å². The van der Waals surface area contributed by atoms with Crippen LogP contribution in [0.5, 0.6) is 0 Å². The lowest BCUT2D eigenvalue weighted by Gasteiger charge is -2.35. The van der Waals surface area contributed by atoms with Crippen molar-refractivity contribution in [1.82, 2.24) is 9.80 Å². The van der Waals surface area contributed by atoms with Gasteiger partial charge in [0.15, 0.2) is 0 Å². The lowest BCUT2D eigenvalue weighted by Crippen LogP contribution is -2.51. The summed E-state index contributed by atoms with van der Waals surface area (Å²) in [7, 11) is 0. The van der Waals surface area contributed by atoms with Crippen LogP contribution in [-0.4, -0.2) is 60.9 Å².